The molecule has 0 fully saturated rings. The first-order chi connectivity index (χ1) is 24.8. The number of hydrogen-bond donors (Lipinski definition) is 3. The van der Waals surface area contributed by atoms with Crippen molar-refractivity contribution in [2.75, 3.05) is 31.5 Å². The zero-order valence-corrected chi connectivity index (χ0v) is 32.7. The number of carbonyl (C=O) groups excluding carboxylic acids is 1. The number of methoxy groups -OCH3 is 2. The quantitative estimate of drug-likeness (QED) is 0.0996. The van der Waals surface area contributed by atoms with Crippen LogP contribution in [0.15, 0.2) is 85.1 Å². The van der Waals surface area contributed by atoms with E-state index in [0.29, 0.717) is 35.8 Å². The second kappa shape index (κ2) is 16.3. The van der Waals surface area contributed by atoms with Crippen molar-refractivity contribution in [3.63, 3.8) is 0 Å². The van der Waals surface area contributed by atoms with Crippen LogP contribution in [0.5, 0.6) is 5.75 Å². The fourth-order valence-electron chi connectivity index (χ4n) is 6.80. The normalized spacial score (nSPS) is 12.8. The lowest BCUT2D eigenvalue weighted by atomic mass is 9.94. The van der Waals surface area contributed by atoms with Crippen LogP contribution in [0.2, 0.25) is 5.04 Å². The third-order valence-electron chi connectivity index (χ3n) is 9.42. The predicted molar refractivity (Wildman–Crippen MR) is 211 cm³/mol. The van der Waals surface area contributed by atoms with E-state index in [1.807, 2.05) is 36.7 Å². The van der Waals surface area contributed by atoms with Crippen LogP contribution in [0.3, 0.4) is 0 Å². The molecule has 0 saturated heterocycles. The highest BCUT2D eigenvalue weighted by atomic mass is 28.4. The van der Waals surface area contributed by atoms with Gasteiger partial charge in [0.05, 0.1) is 27.0 Å². The van der Waals surface area contributed by atoms with Crippen molar-refractivity contribution in [1.29, 1.82) is 0 Å². The summed E-state index contributed by atoms with van der Waals surface area (Å²) >= 11 is 0. The van der Waals surface area contributed by atoms with Crippen molar-refractivity contribution in [3.05, 3.63) is 96.2 Å². The Balaban J connectivity index is 1.49. The van der Waals surface area contributed by atoms with E-state index in [0.717, 1.165) is 30.4 Å². The molecule has 0 bridgehead atoms. The number of anilines is 2. The molecule has 52 heavy (non-hydrogen) atoms. The summed E-state index contributed by atoms with van der Waals surface area (Å²) < 4.78 is 19.7. The minimum absolute atomic E-state index is 0.00348. The Kier molecular flexibility index (Phi) is 12.0. The second-order valence-corrected chi connectivity index (χ2v) is 19.0. The first kappa shape index (κ1) is 38.4. The topological polar surface area (TPSA) is 138 Å². The van der Waals surface area contributed by atoms with Crippen molar-refractivity contribution < 1.29 is 18.7 Å². The molecule has 276 valence electrons. The summed E-state index contributed by atoms with van der Waals surface area (Å²) in [6, 6.07) is 27.3. The number of rotatable bonds is 15. The molecule has 0 spiro atoms. The van der Waals surface area contributed by atoms with Crippen molar-refractivity contribution in [3.8, 4) is 5.75 Å². The van der Waals surface area contributed by atoms with Gasteiger partial charge in [-0.2, -0.15) is 10.1 Å². The Morgan fingerprint density at radius 2 is 1.58 bits per heavy atom. The molecule has 5 aromatic rings. The van der Waals surface area contributed by atoms with Gasteiger partial charge in [-0.1, -0.05) is 107 Å². The number of hydrogen-bond acceptors (Lipinski definition) is 9. The maximum atomic E-state index is 12.2. The lowest BCUT2D eigenvalue weighted by molar-refractivity contribution is 0.186. The summed E-state index contributed by atoms with van der Waals surface area (Å²) in [6.07, 6.45) is 3.55. The molecule has 0 aliphatic rings. The van der Waals surface area contributed by atoms with Gasteiger partial charge in [0.25, 0.3) is 8.32 Å². The van der Waals surface area contributed by atoms with E-state index in [1.165, 1.54) is 17.5 Å². The van der Waals surface area contributed by atoms with Crippen LogP contribution in [-0.4, -0.2) is 61.0 Å². The SMILES string of the molecule is CCC[C@@H](CCO[Si](c1ccccc1)(c1ccccc1)C(C)(C)C)Nc1nc(NC(=O)OC)nc2cnn(Cc3ccc(C(C)(C)N)cc3OC)c12. The number of benzene rings is 3. The van der Waals surface area contributed by atoms with Crippen molar-refractivity contribution in [1.82, 2.24) is 19.7 Å². The third-order valence-corrected chi connectivity index (χ3v) is 14.5. The smallest absolute Gasteiger partial charge is 0.413 e. The summed E-state index contributed by atoms with van der Waals surface area (Å²) in [5.41, 5.74) is 9.03. The third kappa shape index (κ3) is 8.46. The summed E-state index contributed by atoms with van der Waals surface area (Å²) in [4.78, 5) is 21.6. The zero-order valence-electron chi connectivity index (χ0n) is 31.7. The molecule has 0 unspecified atom stereocenters. The van der Waals surface area contributed by atoms with E-state index in [2.05, 4.69) is 104 Å². The standard InChI is InChI=1S/C40H53N7O4Si/c1-9-16-30(23-24-51-52(39(2,3)4,31-17-12-10-13-18-31)32-19-14-11-15-20-32)43-36-35-33(44-37(45-36)46-38(48)50-8)26-42-47(35)27-28-21-22-29(40(5,6)41)25-34(28)49-7/h10-15,17-22,25-26,30H,9,16,23-24,27,41H2,1-8H3,(H2,43,44,45,46,48)/t30-/m0/s1. The van der Waals surface area contributed by atoms with Gasteiger partial charge in [-0.25, -0.2) is 9.78 Å². The fourth-order valence-corrected chi connectivity index (χ4v) is 11.4. The number of carbonyl (C=O) groups is 1. The van der Waals surface area contributed by atoms with Gasteiger partial charge in [0.1, 0.15) is 16.8 Å². The van der Waals surface area contributed by atoms with E-state index in [4.69, 9.17) is 29.7 Å². The van der Waals surface area contributed by atoms with Crippen LogP contribution in [-0.2, 0) is 21.2 Å². The predicted octanol–water partition coefficient (Wildman–Crippen LogP) is 6.80. The highest BCUT2D eigenvalue weighted by Gasteiger charge is 2.50. The Labute approximate surface area is 308 Å². The molecule has 2 heterocycles. The summed E-state index contributed by atoms with van der Waals surface area (Å²) in [7, 11) is 0.234. The molecule has 0 aliphatic heterocycles. The molecule has 4 N–H and O–H groups in total. The van der Waals surface area contributed by atoms with Crippen LogP contribution >= 0.6 is 0 Å². The van der Waals surface area contributed by atoms with Crippen LogP contribution in [0.1, 0.15) is 71.9 Å². The van der Waals surface area contributed by atoms with Gasteiger partial charge in [-0.05, 0) is 53.7 Å². The van der Waals surface area contributed by atoms with Crippen molar-refractivity contribution in [2.24, 2.45) is 5.73 Å². The van der Waals surface area contributed by atoms with Crippen LogP contribution in [0.4, 0.5) is 16.6 Å². The number of aromatic nitrogens is 4. The molecule has 1 amide bonds. The zero-order chi connectivity index (χ0) is 37.5. The monoisotopic (exact) mass is 723 g/mol. The Morgan fingerprint density at radius 1 is 0.923 bits per heavy atom. The Morgan fingerprint density at radius 3 is 2.13 bits per heavy atom. The first-order valence-corrected chi connectivity index (χ1v) is 19.8. The van der Waals surface area contributed by atoms with Crippen LogP contribution in [0.25, 0.3) is 11.0 Å². The number of amides is 1. The molecule has 0 saturated carbocycles. The summed E-state index contributed by atoms with van der Waals surface area (Å²) in [5, 5.41) is 13.4. The molecular formula is C40H53N7O4Si. The van der Waals surface area contributed by atoms with Gasteiger partial charge in [0, 0.05) is 23.8 Å². The maximum Gasteiger partial charge on any atom is 0.413 e. The van der Waals surface area contributed by atoms with Gasteiger partial charge in [-0.3, -0.25) is 10.00 Å². The van der Waals surface area contributed by atoms with E-state index in [-0.39, 0.29) is 17.0 Å². The molecule has 3 aromatic carbocycles. The highest BCUT2D eigenvalue weighted by Crippen LogP contribution is 2.37. The number of nitrogens with zero attached hydrogens (tertiary/aromatic N) is 4. The minimum atomic E-state index is -2.72. The van der Waals surface area contributed by atoms with E-state index in [1.54, 1.807) is 13.3 Å². The average Bonchev–Trinajstić information content (AvgIpc) is 3.52. The average molecular weight is 724 g/mol. The van der Waals surface area contributed by atoms with E-state index < -0.39 is 19.9 Å². The molecule has 0 radical (unpaired) electrons. The Hall–Kier alpha value is -4.78. The molecule has 12 heteroatoms. The minimum Gasteiger partial charge on any atom is -0.496 e. The molecule has 2 aromatic heterocycles. The molecular weight excluding hydrogens is 671 g/mol. The molecule has 1 atom stereocenters. The number of fused-ring (bicyclic) bond motifs is 1. The van der Waals surface area contributed by atoms with Gasteiger partial charge < -0.3 is 25.0 Å². The lowest BCUT2D eigenvalue weighted by Gasteiger charge is -2.43. The van der Waals surface area contributed by atoms with Gasteiger partial charge in [0.2, 0.25) is 5.95 Å². The molecule has 0 aliphatic carbocycles. The van der Waals surface area contributed by atoms with Crippen LogP contribution < -0.4 is 31.5 Å². The number of nitrogens with one attached hydrogen (secondary N) is 2. The van der Waals surface area contributed by atoms with E-state index >= 15 is 0 Å². The van der Waals surface area contributed by atoms with Gasteiger partial charge >= 0.3 is 6.09 Å². The number of ether oxygens (including phenoxy) is 2. The molecule has 5 rings (SSSR count). The first-order valence-electron chi connectivity index (χ1n) is 17.9. The largest absolute Gasteiger partial charge is 0.496 e. The Bertz CT molecular complexity index is 1900. The second-order valence-electron chi connectivity index (χ2n) is 14.7. The van der Waals surface area contributed by atoms with Gasteiger partial charge in [0.15, 0.2) is 5.82 Å². The highest BCUT2D eigenvalue weighted by molar-refractivity contribution is 6.99. The van der Waals surface area contributed by atoms with Gasteiger partial charge in [-0.15, -0.1) is 0 Å². The summed E-state index contributed by atoms with van der Waals surface area (Å²) in [6.45, 7) is 13.9. The van der Waals surface area contributed by atoms with E-state index in [9.17, 15) is 4.79 Å². The van der Waals surface area contributed by atoms with Crippen molar-refractivity contribution >= 4 is 47.6 Å². The van der Waals surface area contributed by atoms with Crippen molar-refractivity contribution in [2.45, 2.75) is 84.0 Å². The maximum absolute atomic E-state index is 12.2. The summed E-state index contributed by atoms with van der Waals surface area (Å²) in [5.74, 6) is 1.38. The lowest BCUT2D eigenvalue weighted by Crippen LogP contribution is -2.66. The fraction of sp³-hybridized carbons (Fsp3) is 0.400. The molecule has 11 nitrogen and oxygen atoms in total. The van der Waals surface area contributed by atoms with Crippen LogP contribution in [0, 0.1) is 0 Å². The number of nitrogens with two attached hydrogens (primary N) is 1.